The van der Waals surface area contributed by atoms with Gasteiger partial charge in [0.2, 0.25) is 0 Å². The lowest BCUT2D eigenvalue weighted by molar-refractivity contribution is -0.123. The van der Waals surface area contributed by atoms with Gasteiger partial charge in [0.15, 0.2) is 0 Å². The number of amides is 2. The molecule has 0 aliphatic carbocycles. The van der Waals surface area contributed by atoms with Crippen LogP contribution < -0.4 is 14.2 Å². The second-order valence-electron chi connectivity index (χ2n) is 7.16. The van der Waals surface area contributed by atoms with E-state index in [1.54, 1.807) is 30.3 Å². The van der Waals surface area contributed by atoms with Gasteiger partial charge in [0, 0.05) is 5.56 Å². The van der Waals surface area contributed by atoms with E-state index in [2.05, 4.69) is 0 Å². The number of imide groups is 1. The lowest BCUT2D eigenvalue weighted by Gasteiger charge is -2.14. The van der Waals surface area contributed by atoms with Crippen molar-refractivity contribution in [2.45, 2.75) is 0 Å². The maximum absolute atomic E-state index is 12.8. The Morgan fingerprint density at radius 2 is 1.41 bits per heavy atom. The molecule has 0 spiro atoms. The minimum Gasteiger partial charge on any atom is -0.490 e. The second kappa shape index (κ2) is 11.6. The number of benzene rings is 3. The van der Waals surface area contributed by atoms with Crippen LogP contribution >= 0.6 is 23.4 Å². The number of rotatable bonds is 10. The van der Waals surface area contributed by atoms with Gasteiger partial charge in [-0.25, -0.2) is 0 Å². The van der Waals surface area contributed by atoms with E-state index in [9.17, 15) is 9.59 Å². The van der Waals surface area contributed by atoms with Crippen molar-refractivity contribution >= 4 is 40.6 Å². The summed E-state index contributed by atoms with van der Waals surface area (Å²) in [5, 5.41) is 0.135. The van der Waals surface area contributed by atoms with Crippen LogP contribution in [0.3, 0.4) is 0 Å². The summed E-state index contributed by atoms with van der Waals surface area (Å²) in [6.45, 7) is 0.985. The molecule has 3 aromatic rings. The number of halogens is 1. The fraction of sp³-hybridized carbons (Fsp3) is 0.154. The molecule has 0 aromatic heterocycles. The zero-order valence-electron chi connectivity index (χ0n) is 18.2. The standard InChI is InChI=1S/C26H22ClNO5S/c27-21-11-5-7-13-23(21)32-15-14-28-25(29)24(34-26(28)30)18-19-8-4-6-12-22(19)33-17-16-31-20-9-2-1-3-10-20/h1-13,18H,14-17H2/b24-18-. The van der Waals surface area contributed by atoms with Crippen molar-refractivity contribution in [2.24, 2.45) is 0 Å². The van der Waals surface area contributed by atoms with Crippen molar-refractivity contribution in [3.05, 3.63) is 94.4 Å². The molecule has 6 nitrogen and oxygen atoms in total. The fourth-order valence-corrected chi connectivity index (χ4v) is 4.25. The van der Waals surface area contributed by atoms with Crippen LogP contribution in [0.25, 0.3) is 6.08 Å². The molecule has 1 heterocycles. The summed E-state index contributed by atoms with van der Waals surface area (Å²) in [7, 11) is 0. The van der Waals surface area contributed by atoms with E-state index in [0.29, 0.717) is 40.2 Å². The third-order valence-corrected chi connectivity index (χ3v) is 6.06. The minimum atomic E-state index is -0.361. The molecule has 2 amide bonds. The van der Waals surface area contributed by atoms with Crippen LogP contribution in [-0.4, -0.2) is 42.4 Å². The molecule has 0 N–H and O–H groups in total. The van der Waals surface area contributed by atoms with Crippen LogP contribution in [-0.2, 0) is 4.79 Å². The van der Waals surface area contributed by atoms with Gasteiger partial charge in [0.1, 0.15) is 37.1 Å². The Morgan fingerprint density at radius 3 is 2.21 bits per heavy atom. The number of carbonyl (C=O) groups excluding carboxylic acids is 2. The molecule has 34 heavy (non-hydrogen) atoms. The second-order valence-corrected chi connectivity index (χ2v) is 8.56. The molecule has 1 aliphatic rings. The first-order chi connectivity index (χ1) is 16.6. The van der Waals surface area contributed by atoms with E-state index in [0.717, 1.165) is 17.5 Å². The Balaban J connectivity index is 1.34. The van der Waals surface area contributed by atoms with Gasteiger partial charge in [-0.3, -0.25) is 14.5 Å². The average molecular weight is 496 g/mol. The summed E-state index contributed by atoms with van der Waals surface area (Å²) < 4.78 is 17.1. The molecule has 174 valence electrons. The van der Waals surface area contributed by atoms with Crippen LogP contribution in [0.5, 0.6) is 17.2 Å². The zero-order valence-corrected chi connectivity index (χ0v) is 19.8. The topological polar surface area (TPSA) is 65.1 Å². The van der Waals surface area contributed by atoms with E-state index in [4.69, 9.17) is 25.8 Å². The quantitative estimate of drug-likeness (QED) is 0.257. The summed E-state index contributed by atoms with van der Waals surface area (Å²) in [6.07, 6.45) is 1.67. The molecule has 0 bridgehead atoms. The summed E-state index contributed by atoms with van der Waals surface area (Å²) in [6, 6.07) is 23.9. The van der Waals surface area contributed by atoms with Crippen LogP contribution in [0.1, 0.15) is 5.56 Å². The summed E-state index contributed by atoms with van der Waals surface area (Å²) in [5.74, 6) is 1.52. The van der Waals surface area contributed by atoms with E-state index >= 15 is 0 Å². The van der Waals surface area contributed by atoms with E-state index in [1.807, 2.05) is 54.6 Å². The number of thioether (sulfide) groups is 1. The lowest BCUT2D eigenvalue weighted by atomic mass is 10.2. The Labute approximate surface area is 207 Å². The molecule has 1 aliphatic heterocycles. The first-order valence-electron chi connectivity index (χ1n) is 10.6. The Bertz CT molecular complexity index is 1180. The van der Waals surface area contributed by atoms with Gasteiger partial charge in [-0.1, -0.05) is 60.1 Å². The Hall–Kier alpha value is -3.42. The van der Waals surface area contributed by atoms with Crippen molar-refractivity contribution in [1.82, 2.24) is 4.90 Å². The van der Waals surface area contributed by atoms with Crippen molar-refractivity contribution in [2.75, 3.05) is 26.4 Å². The zero-order chi connectivity index (χ0) is 23.8. The van der Waals surface area contributed by atoms with Crippen molar-refractivity contribution in [3.63, 3.8) is 0 Å². The van der Waals surface area contributed by atoms with E-state index in [1.165, 1.54) is 4.90 Å². The average Bonchev–Trinajstić information content (AvgIpc) is 3.12. The molecule has 1 saturated heterocycles. The van der Waals surface area contributed by atoms with Gasteiger partial charge in [-0.15, -0.1) is 0 Å². The maximum Gasteiger partial charge on any atom is 0.293 e. The summed E-state index contributed by atoms with van der Waals surface area (Å²) in [5.41, 5.74) is 0.708. The SMILES string of the molecule is O=C1S/C(=C\c2ccccc2OCCOc2ccccc2)C(=O)N1CCOc1ccccc1Cl. The van der Waals surface area contributed by atoms with Gasteiger partial charge >= 0.3 is 0 Å². The van der Waals surface area contributed by atoms with Crippen LogP contribution in [0.15, 0.2) is 83.8 Å². The summed E-state index contributed by atoms with van der Waals surface area (Å²) in [4.78, 5) is 26.8. The van der Waals surface area contributed by atoms with Crippen LogP contribution in [0.4, 0.5) is 4.79 Å². The third kappa shape index (κ3) is 6.12. The number of ether oxygens (including phenoxy) is 3. The predicted octanol–water partition coefficient (Wildman–Crippen LogP) is 5.91. The normalized spacial score (nSPS) is 14.5. The molecular formula is C26H22ClNO5S. The summed E-state index contributed by atoms with van der Waals surface area (Å²) >= 11 is 6.97. The molecule has 3 aromatic carbocycles. The predicted molar refractivity (Wildman–Crippen MR) is 133 cm³/mol. The highest BCUT2D eigenvalue weighted by Gasteiger charge is 2.35. The third-order valence-electron chi connectivity index (χ3n) is 4.84. The van der Waals surface area contributed by atoms with Crippen LogP contribution in [0, 0.1) is 0 Å². The molecular weight excluding hydrogens is 474 g/mol. The van der Waals surface area contributed by atoms with Gasteiger partial charge in [-0.05, 0) is 48.2 Å². The minimum absolute atomic E-state index is 0.127. The van der Waals surface area contributed by atoms with Crippen LogP contribution in [0.2, 0.25) is 5.02 Å². The highest BCUT2D eigenvalue weighted by Crippen LogP contribution is 2.34. The van der Waals surface area contributed by atoms with Gasteiger partial charge in [0.25, 0.3) is 11.1 Å². The maximum atomic E-state index is 12.8. The Kier molecular flexibility index (Phi) is 8.12. The van der Waals surface area contributed by atoms with Crippen molar-refractivity contribution in [1.29, 1.82) is 0 Å². The fourth-order valence-electron chi connectivity index (χ4n) is 3.20. The van der Waals surface area contributed by atoms with Crippen molar-refractivity contribution in [3.8, 4) is 17.2 Å². The number of hydrogen-bond acceptors (Lipinski definition) is 6. The lowest BCUT2D eigenvalue weighted by Crippen LogP contribution is -2.32. The molecule has 0 atom stereocenters. The number of nitrogens with zero attached hydrogens (tertiary/aromatic N) is 1. The van der Waals surface area contributed by atoms with E-state index < -0.39 is 0 Å². The highest BCUT2D eigenvalue weighted by molar-refractivity contribution is 8.18. The largest absolute Gasteiger partial charge is 0.490 e. The number of carbonyl (C=O) groups is 2. The van der Waals surface area contributed by atoms with Gasteiger partial charge < -0.3 is 14.2 Å². The van der Waals surface area contributed by atoms with Gasteiger partial charge in [-0.2, -0.15) is 0 Å². The van der Waals surface area contributed by atoms with Crippen molar-refractivity contribution < 1.29 is 23.8 Å². The smallest absolute Gasteiger partial charge is 0.293 e. The monoisotopic (exact) mass is 495 g/mol. The first-order valence-corrected chi connectivity index (χ1v) is 11.8. The molecule has 1 fully saturated rings. The molecule has 0 radical (unpaired) electrons. The molecule has 0 unspecified atom stereocenters. The van der Waals surface area contributed by atoms with E-state index in [-0.39, 0.29) is 24.3 Å². The van der Waals surface area contributed by atoms with Gasteiger partial charge in [0.05, 0.1) is 16.5 Å². The highest BCUT2D eigenvalue weighted by atomic mass is 35.5. The first kappa shape index (κ1) is 23.7. The number of hydrogen-bond donors (Lipinski definition) is 0. The molecule has 4 rings (SSSR count). The molecule has 8 heteroatoms. The number of para-hydroxylation sites is 3. The Morgan fingerprint density at radius 1 is 0.765 bits per heavy atom. The molecule has 0 saturated carbocycles.